The van der Waals surface area contributed by atoms with Crippen LogP contribution in [0.2, 0.25) is 0 Å². The van der Waals surface area contributed by atoms with Crippen LogP contribution in [0.3, 0.4) is 0 Å². The maximum absolute atomic E-state index is 13.0. The quantitative estimate of drug-likeness (QED) is 0.811. The van der Waals surface area contributed by atoms with Crippen LogP contribution >= 0.6 is 0 Å². The standard InChI is InChI=1S/C12H22F3N3O/c1-11(2,3)10(19)17-8-9(12(13,14)15)18-6-4-16-5-7-18/h9,16H,4-8H2,1-3H3,(H,17,19). The van der Waals surface area contributed by atoms with Crippen molar-refractivity contribution in [2.45, 2.75) is 33.0 Å². The second-order valence-corrected chi connectivity index (χ2v) is 5.80. The third-order valence-electron chi connectivity index (χ3n) is 3.11. The summed E-state index contributed by atoms with van der Waals surface area (Å²) >= 11 is 0. The molecule has 7 heteroatoms. The predicted octanol–water partition coefficient (Wildman–Crippen LogP) is 0.985. The summed E-state index contributed by atoms with van der Waals surface area (Å²) in [7, 11) is 0. The molecule has 1 fully saturated rings. The van der Waals surface area contributed by atoms with Crippen LogP contribution < -0.4 is 10.6 Å². The number of hydrogen-bond acceptors (Lipinski definition) is 3. The van der Waals surface area contributed by atoms with Gasteiger partial charge in [0.2, 0.25) is 5.91 Å². The summed E-state index contributed by atoms with van der Waals surface area (Å²) in [6.45, 7) is 6.41. The van der Waals surface area contributed by atoms with Crippen LogP contribution in [0.1, 0.15) is 20.8 Å². The number of nitrogens with one attached hydrogen (secondary N) is 2. The van der Waals surface area contributed by atoms with Gasteiger partial charge in [0.25, 0.3) is 0 Å². The van der Waals surface area contributed by atoms with Crippen LogP contribution in [0.25, 0.3) is 0 Å². The molecule has 1 rings (SSSR count). The van der Waals surface area contributed by atoms with E-state index in [0.717, 1.165) is 0 Å². The Labute approximate surface area is 111 Å². The first-order chi connectivity index (χ1) is 8.62. The number of nitrogens with zero attached hydrogens (tertiary/aromatic N) is 1. The number of piperazine rings is 1. The Morgan fingerprint density at radius 3 is 2.21 bits per heavy atom. The summed E-state index contributed by atoms with van der Waals surface area (Å²) in [6, 6.07) is -1.61. The number of alkyl halides is 3. The highest BCUT2D eigenvalue weighted by molar-refractivity contribution is 5.81. The lowest BCUT2D eigenvalue weighted by Gasteiger charge is -2.36. The van der Waals surface area contributed by atoms with Gasteiger partial charge in [-0.25, -0.2) is 0 Å². The van der Waals surface area contributed by atoms with E-state index in [0.29, 0.717) is 26.2 Å². The van der Waals surface area contributed by atoms with E-state index >= 15 is 0 Å². The van der Waals surface area contributed by atoms with E-state index in [9.17, 15) is 18.0 Å². The molecule has 0 aromatic rings. The average molecular weight is 281 g/mol. The van der Waals surface area contributed by atoms with Crippen LogP contribution in [-0.4, -0.2) is 55.7 Å². The topological polar surface area (TPSA) is 44.4 Å². The zero-order valence-corrected chi connectivity index (χ0v) is 11.6. The van der Waals surface area contributed by atoms with Crippen LogP contribution in [-0.2, 0) is 4.79 Å². The molecule has 2 N–H and O–H groups in total. The molecular formula is C12H22F3N3O. The molecule has 1 saturated heterocycles. The largest absolute Gasteiger partial charge is 0.405 e. The first-order valence-corrected chi connectivity index (χ1v) is 6.42. The normalized spacial score (nSPS) is 20.1. The van der Waals surface area contributed by atoms with Crippen LogP contribution in [0, 0.1) is 5.41 Å². The highest BCUT2D eigenvalue weighted by Crippen LogP contribution is 2.25. The Kier molecular flexibility index (Phi) is 5.20. The van der Waals surface area contributed by atoms with Gasteiger partial charge in [-0.1, -0.05) is 20.8 Å². The summed E-state index contributed by atoms with van der Waals surface area (Å²) in [5.41, 5.74) is -0.681. The maximum atomic E-state index is 13.0. The monoisotopic (exact) mass is 281 g/mol. The Morgan fingerprint density at radius 1 is 1.26 bits per heavy atom. The fraction of sp³-hybridized carbons (Fsp3) is 0.917. The van der Waals surface area contributed by atoms with Crippen LogP contribution in [0.5, 0.6) is 0 Å². The molecule has 0 aromatic heterocycles. The minimum absolute atomic E-state index is 0.343. The third-order valence-corrected chi connectivity index (χ3v) is 3.11. The average Bonchev–Trinajstić information content (AvgIpc) is 2.27. The van der Waals surface area contributed by atoms with Gasteiger partial charge in [0.05, 0.1) is 0 Å². The summed E-state index contributed by atoms with van der Waals surface area (Å²) in [5.74, 6) is -0.364. The number of carbonyl (C=O) groups is 1. The molecule has 112 valence electrons. The number of hydrogen-bond donors (Lipinski definition) is 2. The zero-order valence-electron chi connectivity index (χ0n) is 11.6. The van der Waals surface area contributed by atoms with Crippen molar-refractivity contribution in [1.82, 2.24) is 15.5 Å². The molecule has 4 nitrogen and oxygen atoms in total. The molecule has 0 radical (unpaired) electrons. The zero-order chi connectivity index (χ0) is 14.7. The molecule has 1 amide bonds. The molecule has 0 saturated carbocycles. The number of halogens is 3. The molecule has 1 aliphatic rings. The minimum atomic E-state index is -4.33. The molecule has 1 unspecified atom stereocenters. The highest BCUT2D eigenvalue weighted by Gasteiger charge is 2.44. The Bertz CT molecular complexity index is 306. The summed E-state index contributed by atoms with van der Waals surface area (Å²) in [5, 5.41) is 5.42. The fourth-order valence-electron chi connectivity index (χ4n) is 1.90. The molecule has 0 aromatic carbocycles. The second-order valence-electron chi connectivity index (χ2n) is 5.80. The lowest BCUT2D eigenvalue weighted by atomic mass is 9.95. The van der Waals surface area contributed by atoms with Crippen molar-refractivity contribution in [3.8, 4) is 0 Å². The van der Waals surface area contributed by atoms with Gasteiger partial charge in [-0.15, -0.1) is 0 Å². The van der Waals surface area contributed by atoms with E-state index < -0.39 is 17.6 Å². The van der Waals surface area contributed by atoms with E-state index in [1.807, 2.05) is 0 Å². The van der Waals surface area contributed by atoms with Crippen molar-refractivity contribution in [3.63, 3.8) is 0 Å². The molecular weight excluding hydrogens is 259 g/mol. The van der Waals surface area contributed by atoms with Crippen molar-refractivity contribution in [2.24, 2.45) is 5.41 Å². The van der Waals surface area contributed by atoms with E-state index in [-0.39, 0.29) is 12.5 Å². The molecule has 1 atom stereocenters. The van der Waals surface area contributed by atoms with Gasteiger partial charge >= 0.3 is 6.18 Å². The van der Waals surface area contributed by atoms with Gasteiger partial charge in [0.1, 0.15) is 6.04 Å². The number of amides is 1. The van der Waals surface area contributed by atoms with Crippen LogP contribution in [0.4, 0.5) is 13.2 Å². The SMILES string of the molecule is CC(C)(C)C(=O)NCC(N1CCNCC1)C(F)(F)F. The maximum Gasteiger partial charge on any atom is 0.405 e. The van der Waals surface area contributed by atoms with Gasteiger partial charge < -0.3 is 10.6 Å². The molecule has 0 bridgehead atoms. The van der Waals surface area contributed by atoms with Crippen molar-refractivity contribution >= 4 is 5.91 Å². The molecule has 0 spiro atoms. The predicted molar refractivity (Wildman–Crippen MR) is 66.8 cm³/mol. The van der Waals surface area contributed by atoms with Gasteiger partial charge in [-0.2, -0.15) is 13.2 Å². The van der Waals surface area contributed by atoms with Gasteiger partial charge in [0.15, 0.2) is 0 Å². The van der Waals surface area contributed by atoms with Crippen LogP contribution in [0.15, 0.2) is 0 Å². The Hall–Kier alpha value is -0.820. The highest BCUT2D eigenvalue weighted by atomic mass is 19.4. The smallest absolute Gasteiger partial charge is 0.354 e. The van der Waals surface area contributed by atoms with Crippen molar-refractivity contribution in [1.29, 1.82) is 0 Å². The lowest BCUT2D eigenvalue weighted by Crippen LogP contribution is -2.58. The molecule has 1 aliphatic heterocycles. The molecule has 19 heavy (non-hydrogen) atoms. The van der Waals surface area contributed by atoms with Crippen molar-refractivity contribution in [3.05, 3.63) is 0 Å². The van der Waals surface area contributed by atoms with Gasteiger partial charge in [-0.3, -0.25) is 9.69 Å². The lowest BCUT2D eigenvalue weighted by molar-refractivity contribution is -0.184. The first kappa shape index (κ1) is 16.2. The van der Waals surface area contributed by atoms with Crippen molar-refractivity contribution in [2.75, 3.05) is 32.7 Å². The fourth-order valence-corrected chi connectivity index (χ4v) is 1.90. The third kappa shape index (κ3) is 4.99. The molecule has 1 heterocycles. The number of rotatable bonds is 3. The second kappa shape index (κ2) is 6.09. The Balaban J connectivity index is 2.63. The minimum Gasteiger partial charge on any atom is -0.354 e. The first-order valence-electron chi connectivity index (χ1n) is 6.42. The number of carbonyl (C=O) groups excluding carboxylic acids is 1. The molecule has 0 aliphatic carbocycles. The van der Waals surface area contributed by atoms with E-state index in [4.69, 9.17) is 0 Å². The summed E-state index contributed by atoms with van der Waals surface area (Å²) < 4.78 is 39.1. The summed E-state index contributed by atoms with van der Waals surface area (Å²) in [4.78, 5) is 13.0. The van der Waals surface area contributed by atoms with E-state index in [1.165, 1.54) is 4.90 Å². The van der Waals surface area contributed by atoms with Gasteiger partial charge in [0, 0.05) is 38.1 Å². The Morgan fingerprint density at radius 2 is 1.79 bits per heavy atom. The van der Waals surface area contributed by atoms with Gasteiger partial charge in [-0.05, 0) is 0 Å². The van der Waals surface area contributed by atoms with Crippen molar-refractivity contribution < 1.29 is 18.0 Å². The van der Waals surface area contributed by atoms with E-state index in [1.54, 1.807) is 20.8 Å². The summed E-state index contributed by atoms with van der Waals surface area (Å²) in [6.07, 6.45) is -4.33. The van der Waals surface area contributed by atoms with E-state index in [2.05, 4.69) is 10.6 Å².